The number of para-hydroxylation sites is 2. The fourth-order valence-corrected chi connectivity index (χ4v) is 4.14. The smallest absolute Gasteiger partial charge is 0.348 e. The van der Waals surface area contributed by atoms with Crippen LogP contribution in [0.2, 0.25) is 10.0 Å². The molecule has 2 aromatic carbocycles. The molecule has 3 rings (SSSR count). The van der Waals surface area contributed by atoms with Gasteiger partial charge in [-0.3, -0.25) is 4.79 Å². The first-order valence-electron chi connectivity index (χ1n) is 9.13. The summed E-state index contributed by atoms with van der Waals surface area (Å²) in [5, 5.41) is 0.619. The third-order valence-corrected chi connectivity index (χ3v) is 6.60. The molecule has 0 aliphatic carbocycles. The topological polar surface area (TPSA) is 93.2 Å². The third-order valence-electron chi connectivity index (χ3n) is 4.66. The second-order valence-corrected chi connectivity index (χ2v) is 9.68. The molecule has 11 heteroatoms. The van der Waals surface area contributed by atoms with Crippen molar-refractivity contribution in [3.05, 3.63) is 58.1 Å². The third kappa shape index (κ3) is 5.48. The van der Waals surface area contributed by atoms with E-state index in [0.717, 1.165) is 10.6 Å². The van der Waals surface area contributed by atoms with Gasteiger partial charge >= 0.3 is 5.97 Å². The van der Waals surface area contributed by atoms with Crippen molar-refractivity contribution in [1.82, 2.24) is 4.31 Å². The number of methoxy groups -OCH3 is 1. The lowest BCUT2D eigenvalue weighted by Gasteiger charge is -2.34. The maximum absolute atomic E-state index is 13.2. The molecule has 1 amide bonds. The van der Waals surface area contributed by atoms with Gasteiger partial charge in [0.2, 0.25) is 22.0 Å². The number of hydrogen-bond acceptors (Lipinski definition) is 6. The zero-order chi connectivity index (χ0) is 22.8. The first-order valence-corrected chi connectivity index (χ1v) is 11.7. The zero-order valence-electron chi connectivity index (χ0n) is 16.7. The molecule has 0 saturated heterocycles. The van der Waals surface area contributed by atoms with Gasteiger partial charge in [-0.25, -0.2) is 13.2 Å². The molecule has 31 heavy (non-hydrogen) atoms. The first kappa shape index (κ1) is 23.3. The number of carbonyl (C=O) groups is 2. The van der Waals surface area contributed by atoms with Crippen LogP contribution in [0.5, 0.6) is 5.75 Å². The quantitative estimate of drug-likeness (QED) is 0.582. The van der Waals surface area contributed by atoms with E-state index in [0.29, 0.717) is 22.0 Å². The van der Waals surface area contributed by atoms with Crippen LogP contribution in [0.15, 0.2) is 42.5 Å². The normalized spacial score (nSPS) is 15.9. The molecule has 8 nitrogen and oxygen atoms in total. The van der Waals surface area contributed by atoms with Crippen molar-refractivity contribution in [1.29, 1.82) is 0 Å². The monoisotopic (exact) mass is 486 g/mol. The average molecular weight is 487 g/mol. The van der Waals surface area contributed by atoms with Crippen LogP contribution in [-0.2, 0) is 30.9 Å². The van der Waals surface area contributed by atoms with Gasteiger partial charge in [0.1, 0.15) is 5.75 Å². The van der Waals surface area contributed by atoms with Gasteiger partial charge < -0.3 is 14.4 Å². The molecule has 1 aliphatic heterocycles. The minimum atomic E-state index is -3.74. The van der Waals surface area contributed by atoms with Crippen LogP contribution in [0.25, 0.3) is 0 Å². The predicted molar refractivity (Wildman–Crippen MR) is 117 cm³/mol. The molecule has 1 aliphatic rings. The van der Waals surface area contributed by atoms with Crippen LogP contribution < -0.4 is 9.64 Å². The highest BCUT2D eigenvalue weighted by Crippen LogP contribution is 2.33. The highest BCUT2D eigenvalue weighted by Gasteiger charge is 2.35. The van der Waals surface area contributed by atoms with Crippen LogP contribution in [-0.4, -0.2) is 57.2 Å². The van der Waals surface area contributed by atoms with Crippen molar-refractivity contribution in [2.75, 3.05) is 31.4 Å². The van der Waals surface area contributed by atoms with E-state index < -0.39 is 34.5 Å². The molecule has 2 aromatic rings. The van der Waals surface area contributed by atoms with E-state index in [1.807, 2.05) is 0 Å². The number of anilines is 1. The second kappa shape index (κ2) is 9.44. The summed E-state index contributed by atoms with van der Waals surface area (Å²) in [6.07, 6.45) is -0.00640. The number of halogens is 2. The molecule has 0 aromatic heterocycles. The van der Waals surface area contributed by atoms with Crippen molar-refractivity contribution >= 4 is 50.8 Å². The Morgan fingerprint density at radius 3 is 2.55 bits per heavy atom. The number of rotatable bonds is 6. The molecule has 0 saturated carbocycles. The Balaban J connectivity index is 1.87. The Morgan fingerprint density at radius 1 is 1.19 bits per heavy atom. The van der Waals surface area contributed by atoms with Gasteiger partial charge in [-0.15, -0.1) is 0 Å². The van der Waals surface area contributed by atoms with Crippen molar-refractivity contribution < 1.29 is 27.5 Å². The number of benzene rings is 2. The Kier molecular flexibility index (Phi) is 7.10. The van der Waals surface area contributed by atoms with Crippen LogP contribution in [0.4, 0.5) is 5.69 Å². The van der Waals surface area contributed by atoms with Crippen molar-refractivity contribution in [2.45, 2.75) is 12.6 Å². The first-order chi connectivity index (χ1) is 14.6. The van der Waals surface area contributed by atoms with Gasteiger partial charge in [-0.2, -0.15) is 4.31 Å². The molecule has 1 heterocycles. The summed E-state index contributed by atoms with van der Waals surface area (Å²) in [5.41, 5.74) is 1.01. The van der Waals surface area contributed by atoms with Crippen LogP contribution in [0.3, 0.4) is 0 Å². The van der Waals surface area contributed by atoms with Crippen LogP contribution in [0.1, 0.15) is 5.56 Å². The van der Waals surface area contributed by atoms with Gasteiger partial charge in [0.25, 0.3) is 0 Å². The fourth-order valence-electron chi connectivity index (χ4n) is 3.09. The number of fused-ring (bicyclic) bond motifs is 1. The van der Waals surface area contributed by atoms with Crippen molar-refractivity contribution in [3.8, 4) is 5.75 Å². The summed E-state index contributed by atoms with van der Waals surface area (Å²) in [6.45, 7) is -0.623. The summed E-state index contributed by atoms with van der Waals surface area (Å²) in [4.78, 5) is 26.5. The van der Waals surface area contributed by atoms with E-state index in [9.17, 15) is 18.0 Å². The predicted octanol–water partition coefficient (Wildman–Crippen LogP) is 2.72. The van der Waals surface area contributed by atoms with E-state index >= 15 is 0 Å². The number of hydrogen-bond donors (Lipinski definition) is 0. The lowest BCUT2D eigenvalue weighted by atomic mass is 10.2. The molecule has 1 unspecified atom stereocenters. The van der Waals surface area contributed by atoms with E-state index in [4.69, 9.17) is 32.7 Å². The number of amides is 1. The van der Waals surface area contributed by atoms with Crippen molar-refractivity contribution in [3.63, 3.8) is 0 Å². The lowest BCUT2D eigenvalue weighted by molar-refractivity contribution is -0.148. The molecular weight excluding hydrogens is 467 g/mol. The summed E-state index contributed by atoms with van der Waals surface area (Å²) >= 11 is 11.9. The molecule has 166 valence electrons. The van der Waals surface area contributed by atoms with Gasteiger partial charge in [-0.05, 0) is 29.8 Å². The van der Waals surface area contributed by atoms with E-state index in [1.165, 1.54) is 12.0 Å². The maximum Gasteiger partial charge on any atom is 0.348 e. The molecule has 0 bridgehead atoms. The highest BCUT2D eigenvalue weighted by molar-refractivity contribution is 7.88. The Hall–Kier alpha value is -2.33. The summed E-state index contributed by atoms with van der Waals surface area (Å²) < 4.78 is 36.1. The minimum Gasteiger partial charge on any atom is -0.475 e. The van der Waals surface area contributed by atoms with E-state index in [1.54, 1.807) is 42.5 Å². The van der Waals surface area contributed by atoms with Gasteiger partial charge in [-0.1, -0.05) is 41.4 Å². The SMILES string of the molecule is COC(=O)C1CN(C(=O)CN(Cc2ccc(Cl)c(Cl)c2)S(C)(=O)=O)c2ccccc2O1. The fraction of sp³-hybridized carbons (Fsp3) is 0.300. The summed E-state index contributed by atoms with van der Waals surface area (Å²) in [6, 6.07) is 11.4. The molecular formula is C20H20Cl2N2O6S. The molecule has 0 fully saturated rings. The number of esters is 1. The lowest BCUT2D eigenvalue weighted by Crippen LogP contribution is -2.50. The zero-order valence-corrected chi connectivity index (χ0v) is 19.1. The van der Waals surface area contributed by atoms with E-state index in [-0.39, 0.29) is 18.1 Å². The van der Waals surface area contributed by atoms with Crippen LogP contribution >= 0.6 is 23.2 Å². The Morgan fingerprint density at radius 2 is 1.90 bits per heavy atom. The molecule has 1 atom stereocenters. The average Bonchev–Trinajstić information content (AvgIpc) is 2.73. The highest BCUT2D eigenvalue weighted by atomic mass is 35.5. The van der Waals surface area contributed by atoms with Gasteiger partial charge in [0.15, 0.2) is 0 Å². The molecule has 0 radical (unpaired) electrons. The number of nitrogens with zero attached hydrogens (tertiary/aromatic N) is 2. The number of carbonyl (C=O) groups excluding carboxylic acids is 2. The number of ether oxygens (including phenoxy) is 2. The minimum absolute atomic E-state index is 0.0755. The molecule has 0 N–H and O–H groups in total. The standard InChI is InChI=1S/C20H20Cl2N2O6S/c1-29-20(26)18-11-24(16-5-3-4-6-17(16)30-18)19(25)12-23(31(2,27)28)10-13-7-8-14(21)15(22)9-13/h3-9,18H,10-12H2,1-2H3. The van der Waals surface area contributed by atoms with E-state index in [2.05, 4.69) is 0 Å². The summed E-state index contributed by atoms with van der Waals surface area (Å²) in [5.74, 6) is -0.828. The largest absolute Gasteiger partial charge is 0.475 e. The summed E-state index contributed by atoms with van der Waals surface area (Å²) in [7, 11) is -2.52. The van der Waals surface area contributed by atoms with Gasteiger partial charge in [0, 0.05) is 6.54 Å². The molecule has 0 spiro atoms. The Bertz CT molecular complexity index is 1110. The Labute approximate surface area is 190 Å². The maximum atomic E-state index is 13.2. The number of sulfonamides is 1. The van der Waals surface area contributed by atoms with Crippen LogP contribution in [0, 0.1) is 0 Å². The van der Waals surface area contributed by atoms with Crippen molar-refractivity contribution in [2.24, 2.45) is 0 Å². The second-order valence-electron chi connectivity index (χ2n) is 6.88. The van der Waals surface area contributed by atoms with Gasteiger partial charge in [0.05, 0.1) is 42.2 Å².